The zero-order valence-electron chi connectivity index (χ0n) is 11.1. The fourth-order valence-corrected chi connectivity index (χ4v) is 2.21. The molecule has 2 aromatic heterocycles. The predicted molar refractivity (Wildman–Crippen MR) is 58.2 cm³/mol. The molecule has 0 aromatic carbocycles. The summed E-state index contributed by atoms with van der Waals surface area (Å²) < 4.78 is 11.9. The average Bonchev–Trinajstić information content (AvgIpc) is 2.60. The molecule has 2 aromatic rings. The number of aliphatic hydroxyl groups excluding tert-OH is 1. The standard InChI is InChI=1S/C8H12N5O4P.2Na/c9-7-6-8(11-3-10-7)13(4-12-6)1-5(14)2-18(15,16)17;;/h3-5,14H,1-2H2,(H2,9,10,11)(H2,15,16,17);;/q;2*+1/p-2/t5-;;/m1../s1. The summed E-state index contributed by atoms with van der Waals surface area (Å²) in [6.07, 6.45) is 0.417. The normalized spacial score (nSPS) is 12.6. The Morgan fingerprint density at radius 1 is 1.35 bits per heavy atom. The molecule has 1 atom stereocenters. The number of nitrogen functional groups attached to an aromatic ring is 1. The molecule has 0 aliphatic carbocycles. The second-order valence-electron chi connectivity index (χ2n) is 3.78. The first-order chi connectivity index (χ1) is 8.37. The quantitative estimate of drug-likeness (QED) is 0.416. The Hall–Kier alpha value is 0.460. The molecule has 12 heteroatoms. The number of hydrogen-bond acceptors (Lipinski definition) is 8. The van der Waals surface area contributed by atoms with Gasteiger partial charge in [-0.15, -0.1) is 0 Å². The molecule has 0 unspecified atom stereocenters. The Morgan fingerprint density at radius 2 is 2.00 bits per heavy atom. The van der Waals surface area contributed by atoms with Crippen LogP contribution < -0.4 is 74.6 Å². The topological polar surface area (TPSA) is 153 Å². The van der Waals surface area contributed by atoms with Crippen LogP contribution in [0.1, 0.15) is 0 Å². The third-order valence-corrected chi connectivity index (χ3v) is 3.14. The van der Waals surface area contributed by atoms with Gasteiger partial charge in [-0.2, -0.15) is 0 Å². The van der Waals surface area contributed by atoms with Crippen LogP contribution in [-0.2, 0) is 11.1 Å². The van der Waals surface area contributed by atoms with Crippen molar-refractivity contribution < 1.29 is 78.6 Å². The Bertz CT molecular complexity index is 618. The van der Waals surface area contributed by atoms with Crippen LogP contribution in [0.2, 0.25) is 0 Å². The molecule has 0 aliphatic heterocycles. The van der Waals surface area contributed by atoms with Gasteiger partial charge < -0.3 is 29.8 Å². The van der Waals surface area contributed by atoms with Crippen molar-refractivity contribution in [3.63, 3.8) is 0 Å². The van der Waals surface area contributed by atoms with Crippen molar-refractivity contribution in [2.24, 2.45) is 0 Å². The molecule has 0 bridgehead atoms. The minimum atomic E-state index is -4.75. The molecule has 20 heavy (non-hydrogen) atoms. The number of hydrogen-bond donors (Lipinski definition) is 2. The van der Waals surface area contributed by atoms with Gasteiger partial charge >= 0.3 is 59.1 Å². The van der Waals surface area contributed by atoms with Crippen molar-refractivity contribution >= 4 is 24.6 Å². The third kappa shape index (κ3) is 5.34. The Kier molecular flexibility index (Phi) is 8.38. The molecule has 9 nitrogen and oxygen atoms in total. The second kappa shape index (κ2) is 8.19. The van der Waals surface area contributed by atoms with E-state index in [1.807, 2.05) is 0 Å². The number of rotatable bonds is 4. The first-order valence-corrected chi connectivity index (χ1v) is 6.70. The van der Waals surface area contributed by atoms with Crippen LogP contribution in [0.5, 0.6) is 0 Å². The van der Waals surface area contributed by atoms with Gasteiger partial charge in [-0.05, 0) is 0 Å². The van der Waals surface area contributed by atoms with Crippen molar-refractivity contribution in [3.05, 3.63) is 12.7 Å². The molecular weight excluding hydrogens is 307 g/mol. The number of aromatic nitrogens is 4. The van der Waals surface area contributed by atoms with E-state index in [1.165, 1.54) is 17.2 Å². The molecule has 2 heterocycles. The summed E-state index contributed by atoms with van der Waals surface area (Å²) in [6, 6.07) is 0. The van der Waals surface area contributed by atoms with E-state index in [9.17, 15) is 19.5 Å². The molecular formula is C8H10N5Na2O4P. The summed E-state index contributed by atoms with van der Waals surface area (Å²) in [5.74, 6) is 0.187. The van der Waals surface area contributed by atoms with Crippen LogP contribution in [0.15, 0.2) is 12.7 Å². The van der Waals surface area contributed by atoms with Gasteiger partial charge in [0.25, 0.3) is 0 Å². The minimum absolute atomic E-state index is 0. The predicted octanol–water partition coefficient (Wildman–Crippen LogP) is -8.31. The summed E-state index contributed by atoms with van der Waals surface area (Å²) in [4.78, 5) is 32.7. The number of nitrogens with zero attached hydrogens (tertiary/aromatic N) is 4. The van der Waals surface area contributed by atoms with Crippen LogP contribution in [0.4, 0.5) is 5.82 Å². The molecule has 0 saturated carbocycles. The molecule has 0 amide bonds. The van der Waals surface area contributed by atoms with E-state index in [0.717, 1.165) is 0 Å². The van der Waals surface area contributed by atoms with Gasteiger partial charge in [0.15, 0.2) is 11.5 Å². The van der Waals surface area contributed by atoms with Gasteiger partial charge in [0.1, 0.15) is 11.8 Å². The summed E-state index contributed by atoms with van der Waals surface area (Å²) in [6.45, 7) is -0.110. The van der Waals surface area contributed by atoms with Crippen molar-refractivity contribution in [2.45, 2.75) is 12.6 Å². The zero-order chi connectivity index (χ0) is 13.3. The van der Waals surface area contributed by atoms with Gasteiger partial charge in [0.05, 0.1) is 19.0 Å². The van der Waals surface area contributed by atoms with Crippen molar-refractivity contribution in [1.29, 1.82) is 0 Å². The second-order valence-corrected chi connectivity index (χ2v) is 5.36. The van der Waals surface area contributed by atoms with E-state index in [2.05, 4.69) is 15.0 Å². The number of nitrogens with two attached hydrogens (primary N) is 1. The Morgan fingerprint density at radius 3 is 2.60 bits per heavy atom. The largest absolute Gasteiger partial charge is 1.00 e. The van der Waals surface area contributed by atoms with E-state index >= 15 is 0 Å². The van der Waals surface area contributed by atoms with Crippen molar-refractivity contribution in [3.8, 4) is 0 Å². The fraction of sp³-hybridized carbons (Fsp3) is 0.375. The van der Waals surface area contributed by atoms with E-state index in [0.29, 0.717) is 11.2 Å². The van der Waals surface area contributed by atoms with E-state index in [1.54, 1.807) is 0 Å². The Labute approximate surface area is 158 Å². The molecule has 3 N–H and O–H groups in total. The van der Waals surface area contributed by atoms with Gasteiger partial charge in [-0.3, -0.25) is 0 Å². The number of anilines is 1. The number of aliphatic hydroxyl groups is 1. The monoisotopic (exact) mass is 317 g/mol. The smallest absolute Gasteiger partial charge is 0.811 e. The molecule has 2 rings (SSSR count). The molecule has 0 aliphatic rings. The third-order valence-electron chi connectivity index (χ3n) is 2.27. The molecule has 0 fully saturated rings. The van der Waals surface area contributed by atoms with Crippen molar-refractivity contribution in [2.75, 3.05) is 11.9 Å². The number of fused-ring (bicyclic) bond motifs is 1. The van der Waals surface area contributed by atoms with E-state index < -0.39 is 19.9 Å². The number of imidazole rings is 1. The molecule has 0 spiro atoms. The average molecular weight is 317 g/mol. The van der Waals surface area contributed by atoms with E-state index in [-0.39, 0.29) is 71.5 Å². The van der Waals surface area contributed by atoms with Gasteiger partial charge in [0, 0.05) is 6.16 Å². The maximum absolute atomic E-state index is 10.5. The first-order valence-electron chi connectivity index (χ1n) is 4.97. The van der Waals surface area contributed by atoms with Crippen LogP contribution >= 0.6 is 7.60 Å². The first kappa shape index (κ1) is 20.5. The zero-order valence-corrected chi connectivity index (χ0v) is 16.0. The van der Waals surface area contributed by atoms with Gasteiger partial charge in [-0.1, -0.05) is 7.60 Å². The van der Waals surface area contributed by atoms with E-state index in [4.69, 9.17) is 5.73 Å². The Balaban J connectivity index is 0.00000180. The van der Waals surface area contributed by atoms with Crippen molar-refractivity contribution in [1.82, 2.24) is 19.5 Å². The maximum Gasteiger partial charge on any atom is 1.00 e. The molecule has 0 saturated heterocycles. The SMILES string of the molecule is Nc1ncnc2c1ncn2C[C@@H](O)CP(=O)([O-])[O-].[Na+].[Na+]. The van der Waals surface area contributed by atoms with Gasteiger partial charge in [-0.25, -0.2) is 15.0 Å². The summed E-state index contributed by atoms with van der Waals surface area (Å²) in [5, 5.41) is 9.49. The molecule has 98 valence electrons. The summed E-state index contributed by atoms with van der Waals surface area (Å²) >= 11 is 0. The molecule has 0 radical (unpaired) electrons. The maximum atomic E-state index is 10.5. The minimum Gasteiger partial charge on any atom is -0.811 e. The van der Waals surface area contributed by atoms with Crippen LogP contribution in [0.25, 0.3) is 11.2 Å². The summed E-state index contributed by atoms with van der Waals surface area (Å²) in [5.41, 5.74) is 6.30. The van der Waals surface area contributed by atoms with Crippen LogP contribution in [0, 0.1) is 0 Å². The van der Waals surface area contributed by atoms with Crippen LogP contribution in [0.3, 0.4) is 0 Å². The van der Waals surface area contributed by atoms with Crippen LogP contribution in [-0.4, -0.2) is 36.9 Å². The summed E-state index contributed by atoms with van der Waals surface area (Å²) in [7, 11) is -4.75. The van der Waals surface area contributed by atoms with Gasteiger partial charge in [0.2, 0.25) is 0 Å². The fourth-order valence-electron chi connectivity index (χ4n) is 1.58.